The molecule has 0 atom stereocenters. The molecule has 0 aliphatic carbocycles. The van der Waals surface area contributed by atoms with Gasteiger partial charge in [0.1, 0.15) is 11.5 Å². The minimum absolute atomic E-state index is 0.0720. The minimum atomic E-state index is 0.0720. The normalized spacial score (nSPS) is 14.5. The van der Waals surface area contributed by atoms with E-state index in [2.05, 4.69) is 31.9 Å². The number of methoxy groups -OCH3 is 1. The Labute approximate surface area is 104 Å². The van der Waals surface area contributed by atoms with Crippen LogP contribution in [0.1, 0.15) is 16.8 Å². The van der Waals surface area contributed by atoms with Crippen molar-refractivity contribution in [3.63, 3.8) is 0 Å². The molecule has 0 aromatic heterocycles. The zero-order chi connectivity index (χ0) is 11.0. The van der Waals surface area contributed by atoms with E-state index in [1.807, 2.05) is 0 Å². The van der Waals surface area contributed by atoms with Crippen molar-refractivity contribution in [3.05, 3.63) is 20.6 Å². The van der Waals surface area contributed by atoms with Gasteiger partial charge in [-0.2, -0.15) is 0 Å². The van der Waals surface area contributed by atoms with Crippen LogP contribution in [0.15, 0.2) is 15.0 Å². The summed E-state index contributed by atoms with van der Waals surface area (Å²) in [6.45, 7) is 0.434. The monoisotopic (exact) mass is 334 g/mol. The molecule has 1 aromatic carbocycles. The molecule has 0 bridgehead atoms. The highest BCUT2D eigenvalue weighted by atomic mass is 79.9. The van der Waals surface area contributed by atoms with Gasteiger partial charge in [-0.1, -0.05) is 0 Å². The summed E-state index contributed by atoms with van der Waals surface area (Å²) in [4.78, 5) is 11.7. The number of ether oxygens (including phenoxy) is 2. The first-order valence-electron chi connectivity index (χ1n) is 4.37. The quantitative estimate of drug-likeness (QED) is 0.790. The van der Waals surface area contributed by atoms with E-state index in [1.54, 1.807) is 13.2 Å². The lowest BCUT2D eigenvalue weighted by Gasteiger charge is -2.20. The van der Waals surface area contributed by atoms with Gasteiger partial charge in [0.25, 0.3) is 0 Å². The number of carbonyl (C=O) groups excluding carboxylic acids is 1. The van der Waals surface area contributed by atoms with E-state index in [0.29, 0.717) is 34.6 Å². The second-order valence-electron chi connectivity index (χ2n) is 3.10. The molecule has 1 heterocycles. The summed E-state index contributed by atoms with van der Waals surface area (Å²) >= 11 is 6.71. The summed E-state index contributed by atoms with van der Waals surface area (Å²) in [6.07, 6.45) is 0.408. The van der Waals surface area contributed by atoms with Gasteiger partial charge in [-0.05, 0) is 37.9 Å². The standard InChI is InChI=1S/C10H8Br2O3/c1-14-7-4-5(11)10-8(9(7)12)6(13)2-3-15-10/h4H,2-3H2,1H3. The van der Waals surface area contributed by atoms with Crippen LogP contribution in [0.2, 0.25) is 0 Å². The molecule has 0 fully saturated rings. The Bertz CT molecular complexity index is 429. The van der Waals surface area contributed by atoms with E-state index in [1.165, 1.54) is 0 Å². The lowest BCUT2D eigenvalue weighted by Crippen LogP contribution is -2.16. The first kappa shape index (κ1) is 11.0. The summed E-state index contributed by atoms with van der Waals surface area (Å²) in [5.74, 6) is 1.29. The highest BCUT2D eigenvalue weighted by Gasteiger charge is 2.26. The summed E-state index contributed by atoms with van der Waals surface area (Å²) < 4.78 is 12.0. The number of halogens is 2. The Morgan fingerprint density at radius 3 is 2.87 bits per heavy atom. The topological polar surface area (TPSA) is 35.5 Å². The molecule has 2 rings (SSSR count). The van der Waals surface area contributed by atoms with Gasteiger partial charge in [-0.3, -0.25) is 4.79 Å². The van der Waals surface area contributed by atoms with Crippen molar-refractivity contribution in [2.45, 2.75) is 6.42 Å². The summed E-state index contributed by atoms with van der Waals surface area (Å²) in [6, 6.07) is 1.78. The zero-order valence-corrected chi connectivity index (χ0v) is 11.1. The van der Waals surface area contributed by atoms with Gasteiger partial charge in [0.15, 0.2) is 5.78 Å². The van der Waals surface area contributed by atoms with Crippen molar-refractivity contribution in [1.29, 1.82) is 0 Å². The first-order valence-corrected chi connectivity index (χ1v) is 5.95. The average Bonchev–Trinajstić information content (AvgIpc) is 2.23. The van der Waals surface area contributed by atoms with Crippen LogP contribution in [-0.4, -0.2) is 19.5 Å². The summed E-state index contributed by atoms with van der Waals surface area (Å²) in [5.41, 5.74) is 0.562. The van der Waals surface area contributed by atoms with Gasteiger partial charge in [0.2, 0.25) is 0 Å². The molecule has 1 aromatic rings. The van der Waals surface area contributed by atoms with Crippen molar-refractivity contribution < 1.29 is 14.3 Å². The highest BCUT2D eigenvalue weighted by Crippen LogP contribution is 2.43. The van der Waals surface area contributed by atoms with Crippen LogP contribution >= 0.6 is 31.9 Å². The number of Topliss-reactive ketones (excluding diaryl/α,β-unsaturated/α-hetero) is 1. The number of hydrogen-bond acceptors (Lipinski definition) is 3. The fraction of sp³-hybridized carbons (Fsp3) is 0.300. The van der Waals surface area contributed by atoms with Gasteiger partial charge < -0.3 is 9.47 Å². The van der Waals surface area contributed by atoms with Crippen LogP contribution in [0.4, 0.5) is 0 Å². The van der Waals surface area contributed by atoms with E-state index in [4.69, 9.17) is 9.47 Å². The smallest absolute Gasteiger partial charge is 0.171 e. The van der Waals surface area contributed by atoms with E-state index >= 15 is 0 Å². The molecular weight excluding hydrogens is 328 g/mol. The number of carbonyl (C=O) groups is 1. The molecule has 1 aliphatic heterocycles. The Kier molecular flexibility index (Phi) is 3.02. The molecule has 80 valence electrons. The predicted molar refractivity (Wildman–Crippen MR) is 62.8 cm³/mol. The maximum absolute atomic E-state index is 11.7. The molecule has 15 heavy (non-hydrogen) atoms. The van der Waals surface area contributed by atoms with Crippen molar-refractivity contribution in [2.75, 3.05) is 13.7 Å². The van der Waals surface area contributed by atoms with E-state index in [0.717, 1.165) is 4.47 Å². The number of fused-ring (bicyclic) bond motifs is 1. The SMILES string of the molecule is COc1cc(Br)c2c(c1Br)C(=O)CCO2. The van der Waals surface area contributed by atoms with E-state index in [9.17, 15) is 4.79 Å². The van der Waals surface area contributed by atoms with Gasteiger partial charge in [-0.15, -0.1) is 0 Å². The van der Waals surface area contributed by atoms with Gasteiger partial charge in [0, 0.05) is 6.42 Å². The third-order valence-corrected chi connectivity index (χ3v) is 3.59. The number of benzene rings is 1. The Morgan fingerprint density at radius 2 is 2.20 bits per heavy atom. The molecule has 3 nitrogen and oxygen atoms in total. The Morgan fingerprint density at radius 1 is 1.47 bits per heavy atom. The molecule has 0 N–H and O–H groups in total. The molecule has 0 unspecified atom stereocenters. The molecule has 0 saturated heterocycles. The van der Waals surface area contributed by atoms with E-state index < -0.39 is 0 Å². The van der Waals surface area contributed by atoms with Gasteiger partial charge >= 0.3 is 0 Å². The molecule has 0 amide bonds. The number of hydrogen-bond donors (Lipinski definition) is 0. The fourth-order valence-electron chi connectivity index (χ4n) is 1.50. The van der Waals surface area contributed by atoms with Crippen molar-refractivity contribution >= 4 is 37.6 Å². The molecule has 0 spiro atoms. The summed E-state index contributed by atoms with van der Waals surface area (Å²) in [5, 5.41) is 0. The minimum Gasteiger partial charge on any atom is -0.496 e. The first-order chi connectivity index (χ1) is 7.15. The third-order valence-electron chi connectivity index (χ3n) is 2.21. The van der Waals surface area contributed by atoms with Gasteiger partial charge in [0.05, 0.1) is 28.2 Å². The van der Waals surface area contributed by atoms with Crippen LogP contribution < -0.4 is 9.47 Å². The molecule has 5 heteroatoms. The lowest BCUT2D eigenvalue weighted by atomic mass is 10.0. The van der Waals surface area contributed by atoms with E-state index in [-0.39, 0.29) is 5.78 Å². The molecule has 1 aliphatic rings. The van der Waals surface area contributed by atoms with Crippen LogP contribution in [0.5, 0.6) is 11.5 Å². The van der Waals surface area contributed by atoms with Crippen LogP contribution in [0.3, 0.4) is 0 Å². The second kappa shape index (κ2) is 4.14. The van der Waals surface area contributed by atoms with Crippen molar-refractivity contribution in [3.8, 4) is 11.5 Å². The van der Waals surface area contributed by atoms with Crippen LogP contribution in [0.25, 0.3) is 0 Å². The van der Waals surface area contributed by atoms with Crippen LogP contribution in [-0.2, 0) is 0 Å². The number of ketones is 1. The third kappa shape index (κ3) is 1.78. The Hall–Kier alpha value is -0.550. The maximum atomic E-state index is 11.7. The van der Waals surface area contributed by atoms with Crippen molar-refractivity contribution in [1.82, 2.24) is 0 Å². The fourth-order valence-corrected chi connectivity index (χ4v) is 2.69. The molecule has 0 radical (unpaired) electrons. The maximum Gasteiger partial charge on any atom is 0.171 e. The summed E-state index contributed by atoms with van der Waals surface area (Å²) in [7, 11) is 1.56. The molecule has 0 saturated carbocycles. The highest BCUT2D eigenvalue weighted by molar-refractivity contribution is 9.11. The average molecular weight is 336 g/mol. The zero-order valence-electron chi connectivity index (χ0n) is 7.97. The number of rotatable bonds is 1. The van der Waals surface area contributed by atoms with Crippen LogP contribution in [0, 0.1) is 0 Å². The predicted octanol–water partition coefficient (Wildman–Crippen LogP) is 3.19. The lowest BCUT2D eigenvalue weighted by molar-refractivity contribution is 0.0931. The largest absolute Gasteiger partial charge is 0.496 e. The molecular formula is C10H8Br2O3. The van der Waals surface area contributed by atoms with Gasteiger partial charge in [-0.25, -0.2) is 0 Å². The second-order valence-corrected chi connectivity index (χ2v) is 4.75. The van der Waals surface area contributed by atoms with Crippen molar-refractivity contribution in [2.24, 2.45) is 0 Å². The Balaban J connectivity index is 2.69.